The Hall–Kier alpha value is -3.03. The lowest BCUT2D eigenvalue weighted by atomic mass is 9.85. The fraction of sp³-hybridized carbons (Fsp3) is 0.600. The van der Waals surface area contributed by atoms with E-state index in [0.29, 0.717) is 20.8 Å². The molecule has 0 aromatic heterocycles. The van der Waals surface area contributed by atoms with E-state index in [1.165, 1.54) is 0 Å². The lowest BCUT2D eigenvalue weighted by molar-refractivity contribution is -0.462. The summed E-state index contributed by atoms with van der Waals surface area (Å²) in [4.78, 5) is 22.5. The quantitative estimate of drug-likeness (QED) is 0.158. The van der Waals surface area contributed by atoms with E-state index in [1.807, 2.05) is 0 Å². The maximum absolute atomic E-state index is 15.0. The molecule has 4 nitrogen and oxygen atoms in total. The molecule has 0 aliphatic heterocycles. The van der Waals surface area contributed by atoms with E-state index in [2.05, 4.69) is 9.47 Å². The summed E-state index contributed by atoms with van der Waals surface area (Å²) in [6.45, 7) is 1.87. The van der Waals surface area contributed by atoms with E-state index in [-0.39, 0.29) is 13.0 Å². The molecule has 1 aromatic carbocycles. The van der Waals surface area contributed by atoms with Crippen LogP contribution in [0.4, 0.5) is 74.6 Å². The van der Waals surface area contributed by atoms with Gasteiger partial charge in [-0.15, -0.1) is 0 Å². The Balaban J connectivity index is 4.05. The van der Waals surface area contributed by atoms with Crippen LogP contribution in [0, 0.1) is 13.8 Å². The molecule has 0 atom stereocenters. The predicted octanol–water partition coefficient (Wildman–Crippen LogP) is 7.62. The second kappa shape index (κ2) is 10.1. The van der Waals surface area contributed by atoms with Crippen LogP contribution in [0.5, 0.6) is 11.5 Å². The summed E-state index contributed by atoms with van der Waals surface area (Å²) in [5.74, 6) is -63.9. The SMILES string of the molecule is CC(=O)Oc1cc(C)c(C(F)(F)C(F)(F)C(F)(F)C(F)(F)C(F)(F)C(F)(F)C(F)(F)C(F)(F)F)c(OC(C)=O)c1C. The summed E-state index contributed by atoms with van der Waals surface area (Å²) in [6.07, 6.45) is -7.87. The molecule has 0 aliphatic rings. The minimum atomic E-state index is -8.79. The van der Waals surface area contributed by atoms with Crippen LogP contribution in [0.3, 0.4) is 0 Å². The zero-order valence-corrected chi connectivity index (χ0v) is 20.1. The van der Waals surface area contributed by atoms with Crippen molar-refractivity contribution < 1.29 is 93.7 Å². The number of esters is 2. The van der Waals surface area contributed by atoms with Gasteiger partial charge in [0.25, 0.3) is 0 Å². The third-order valence-electron chi connectivity index (χ3n) is 5.21. The fourth-order valence-electron chi connectivity index (χ4n) is 3.10. The minimum Gasteiger partial charge on any atom is -0.426 e. The predicted molar refractivity (Wildman–Crippen MR) is 98.2 cm³/mol. The highest BCUT2D eigenvalue weighted by Crippen LogP contribution is 2.65. The first kappa shape index (κ1) is 36.0. The van der Waals surface area contributed by atoms with Gasteiger partial charge in [0.05, 0.1) is 5.56 Å². The summed E-state index contributed by atoms with van der Waals surface area (Å²) < 4.78 is 241. The van der Waals surface area contributed by atoms with Gasteiger partial charge in [0, 0.05) is 19.4 Å². The van der Waals surface area contributed by atoms with Crippen molar-refractivity contribution in [2.45, 2.75) is 75.3 Å². The third kappa shape index (κ3) is 5.12. The van der Waals surface area contributed by atoms with Crippen LogP contribution < -0.4 is 9.47 Å². The number of benzene rings is 1. The maximum atomic E-state index is 15.0. The van der Waals surface area contributed by atoms with E-state index >= 15 is 0 Å². The maximum Gasteiger partial charge on any atom is 0.460 e. The summed E-state index contributed by atoms with van der Waals surface area (Å²) >= 11 is 0. The highest BCUT2D eigenvalue weighted by atomic mass is 19.4. The van der Waals surface area contributed by atoms with Gasteiger partial charge in [0.1, 0.15) is 11.5 Å². The second-order valence-corrected chi connectivity index (χ2v) is 8.23. The first-order chi connectivity index (χ1) is 17.8. The molecule has 0 fully saturated rings. The van der Waals surface area contributed by atoms with E-state index in [1.54, 1.807) is 0 Å². The van der Waals surface area contributed by atoms with Crippen molar-refractivity contribution in [1.29, 1.82) is 0 Å². The van der Waals surface area contributed by atoms with Crippen molar-refractivity contribution in [2.75, 3.05) is 0 Å². The van der Waals surface area contributed by atoms with E-state index in [4.69, 9.17) is 0 Å². The van der Waals surface area contributed by atoms with Crippen LogP contribution >= 0.6 is 0 Å². The van der Waals surface area contributed by atoms with E-state index in [0.717, 1.165) is 0 Å². The number of hydrogen-bond acceptors (Lipinski definition) is 4. The van der Waals surface area contributed by atoms with Crippen molar-refractivity contribution in [3.8, 4) is 11.5 Å². The first-order valence-corrected chi connectivity index (χ1v) is 10.0. The minimum absolute atomic E-state index is 0.173. The fourth-order valence-corrected chi connectivity index (χ4v) is 3.10. The van der Waals surface area contributed by atoms with Crippen molar-refractivity contribution in [1.82, 2.24) is 0 Å². The van der Waals surface area contributed by atoms with Crippen LogP contribution in [-0.4, -0.2) is 53.7 Å². The molecule has 0 radical (unpaired) electrons. The smallest absolute Gasteiger partial charge is 0.426 e. The molecule has 0 unspecified atom stereocenters. The largest absolute Gasteiger partial charge is 0.460 e. The van der Waals surface area contributed by atoms with Crippen molar-refractivity contribution in [2.24, 2.45) is 0 Å². The summed E-state index contributed by atoms with van der Waals surface area (Å²) in [5, 5.41) is 0. The Morgan fingerprint density at radius 2 is 0.902 bits per heavy atom. The third-order valence-corrected chi connectivity index (χ3v) is 5.21. The molecule has 0 saturated carbocycles. The molecular weight excluding hydrogens is 627 g/mol. The van der Waals surface area contributed by atoms with Gasteiger partial charge in [-0.25, -0.2) is 0 Å². The molecule has 0 amide bonds. The molecule has 21 heteroatoms. The van der Waals surface area contributed by atoms with Gasteiger partial charge in [-0.2, -0.15) is 74.6 Å². The Morgan fingerprint density at radius 3 is 1.24 bits per heavy atom. The van der Waals surface area contributed by atoms with E-state index < -0.39 is 87.8 Å². The number of halogens is 17. The average Bonchev–Trinajstić information content (AvgIpc) is 2.74. The van der Waals surface area contributed by atoms with Gasteiger partial charge in [0.2, 0.25) is 0 Å². The Morgan fingerprint density at radius 1 is 0.561 bits per heavy atom. The zero-order chi connectivity index (χ0) is 33.2. The molecule has 0 bridgehead atoms. The molecule has 0 spiro atoms. The molecule has 1 aromatic rings. The molecule has 1 rings (SSSR count). The van der Waals surface area contributed by atoms with Crippen LogP contribution in [-0.2, 0) is 15.5 Å². The lowest BCUT2D eigenvalue weighted by Crippen LogP contribution is -2.74. The highest BCUT2D eigenvalue weighted by Gasteiger charge is 2.95. The van der Waals surface area contributed by atoms with Gasteiger partial charge in [0.15, 0.2) is 0 Å². The standard InChI is InChI=1S/C20H13F17O4/c1-6-5-10(40-8(3)38)7(2)12(41-9(4)39)11(6)13(21,22)14(23,24)15(25,26)16(27,28)17(29,30)18(31,32)19(33,34)20(35,36)37/h5H,1-4H3. The topological polar surface area (TPSA) is 52.6 Å². The molecule has 0 N–H and O–H groups in total. The lowest BCUT2D eigenvalue weighted by Gasteiger charge is -2.43. The van der Waals surface area contributed by atoms with Gasteiger partial charge in [-0.05, 0) is 25.5 Å². The number of carbonyl (C=O) groups is 2. The monoisotopic (exact) mass is 640 g/mol. The molecule has 41 heavy (non-hydrogen) atoms. The number of aryl methyl sites for hydroxylation is 1. The molecule has 0 aliphatic carbocycles. The average molecular weight is 640 g/mol. The second-order valence-electron chi connectivity index (χ2n) is 8.23. The van der Waals surface area contributed by atoms with Crippen molar-refractivity contribution >= 4 is 11.9 Å². The normalized spacial score (nSPS) is 14.7. The van der Waals surface area contributed by atoms with Crippen LogP contribution in [0.15, 0.2) is 6.07 Å². The Kier molecular flexibility index (Phi) is 8.83. The van der Waals surface area contributed by atoms with Crippen molar-refractivity contribution in [3.63, 3.8) is 0 Å². The van der Waals surface area contributed by atoms with E-state index in [9.17, 15) is 84.2 Å². The van der Waals surface area contributed by atoms with Crippen LogP contribution in [0.1, 0.15) is 30.5 Å². The number of rotatable bonds is 9. The van der Waals surface area contributed by atoms with Gasteiger partial charge in [-0.3, -0.25) is 9.59 Å². The number of carbonyl (C=O) groups excluding carboxylic acids is 2. The molecular formula is C20H13F17O4. The van der Waals surface area contributed by atoms with Gasteiger partial charge in [-0.1, -0.05) is 0 Å². The Labute approximate surface area is 216 Å². The number of hydrogen-bond donors (Lipinski definition) is 0. The molecule has 0 saturated heterocycles. The first-order valence-electron chi connectivity index (χ1n) is 10.0. The Bertz CT molecular complexity index is 1200. The molecule has 0 heterocycles. The van der Waals surface area contributed by atoms with Crippen LogP contribution in [0.2, 0.25) is 0 Å². The summed E-state index contributed by atoms with van der Waals surface area (Å²) in [5.41, 5.74) is -5.24. The number of ether oxygens (including phenoxy) is 2. The van der Waals surface area contributed by atoms with Gasteiger partial charge >= 0.3 is 59.6 Å². The van der Waals surface area contributed by atoms with Crippen LogP contribution in [0.25, 0.3) is 0 Å². The summed E-state index contributed by atoms with van der Waals surface area (Å²) in [7, 11) is 0. The van der Waals surface area contributed by atoms with Crippen molar-refractivity contribution in [3.05, 3.63) is 22.8 Å². The number of alkyl halides is 17. The summed E-state index contributed by atoms with van der Waals surface area (Å²) in [6, 6.07) is 0.173. The highest BCUT2D eigenvalue weighted by molar-refractivity contribution is 5.74. The zero-order valence-electron chi connectivity index (χ0n) is 20.1. The van der Waals surface area contributed by atoms with Gasteiger partial charge < -0.3 is 9.47 Å². The molecule has 236 valence electrons.